The second kappa shape index (κ2) is 10.5. The van der Waals surface area contributed by atoms with Gasteiger partial charge in [0.15, 0.2) is 0 Å². The van der Waals surface area contributed by atoms with Gasteiger partial charge in [0.1, 0.15) is 18.5 Å². The SMILES string of the molecule is OC(COc1ccc(Cl)cc1CN1CCOCC1)CN1CCCCCC1. The molecule has 0 bridgehead atoms. The Bertz CT molecular complexity index is 544. The Balaban J connectivity index is 1.52. The third-order valence-corrected chi connectivity index (χ3v) is 5.35. The lowest BCUT2D eigenvalue weighted by molar-refractivity contribution is 0.0332. The molecule has 0 aliphatic carbocycles. The number of aliphatic hydroxyl groups is 1. The summed E-state index contributed by atoms with van der Waals surface area (Å²) < 4.78 is 11.4. The fraction of sp³-hybridized carbons (Fsp3) is 0.700. The first-order valence-corrected chi connectivity index (χ1v) is 10.2. The van der Waals surface area contributed by atoms with E-state index in [1.165, 1.54) is 25.7 Å². The highest BCUT2D eigenvalue weighted by Crippen LogP contribution is 2.25. The van der Waals surface area contributed by atoms with Gasteiger partial charge in [-0.05, 0) is 44.1 Å². The molecule has 0 aromatic heterocycles. The van der Waals surface area contributed by atoms with E-state index in [2.05, 4.69) is 9.80 Å². The summed E-state index contributed by atoms with van der Waals surface area (Å²) in [5.74, 6) is 0.816. The van der Waals surface area contributed by atoms with E-state index in [-0.39, 0.29) is 0 Å². The van der Waals surface area contributed by atoms with Crippen molar-refractivity contribution in [3.05, 3.63) is 28.8 Å². The molecule has 0 radical (unpaired) electrons. The van der Waals surface area contributed by atoms with E-state index in [0.717, 1.165) is 57.3 Å². The molecule has 146 valence electrons. The van der Waals surface area contributed by atoms with Crippen LogP contribution in [-0.2, 0) is 11.3 Å². The van der Waals surface area contributed by atoms with Gasteiger partial charge in [0.25, 0.3) is 0 Å². The molecule has 0 amide bonds. The van der Waals surface area contributed by atoms with Gasteiger partial charge in [0.05, 0.1) is 13.2 Å². The molecule has 1 atom stereocenters. The predicted molar refractivity (Wildman–Crippen MR) is 104 cm³/mol. The highest BCUT2D eigenvalue weighted by atomic mass is 35.5. The number of benzene rings is 1. The number of nitrogens with zero attached hydrogens (tertiary/aromatic N) is 2. The fourth-order valence-electron chi connectivity index (χ4n) is 3.67. The standard InChI is InChI=1S/C20H31ClN2O3/c21-18-5-6-20(17(13-18)14-23-9-11-25-12-10-23)26-16-19(24)15-22-7-3-1-2-4-8-22/h5-6,13,19,24H,1-4,7-12,14-16H2. The van der Waals surface area contributed by atoms with Gasteiger partial charge in [-0.2, -0.15) is 0 Å². The zero-order valence-corrected chi connectivity index (χ0v) is 16.3. The van der Waals surface area contributed by atoms with Gasteiger partial charge in [0, 0.05) is 36.8 Å². The minimum Gasteiger partial charge on any atom is -0.491 e. The number of rotatable bonds is 7. The molecule has 6 heteroatoms. The van der Waals surface area contributed by atoms with Crippen LogP contribution in [0.25, 0.3) is 0 Å². The topological polar surface area (TPSA) is 45.2 Å². The van der Waals surface area contributed by atoms with Crippen molar-refractivity contribution in [2.75, 3.05) is 52.5 Å². The van der Waals surface area contributed by atoms with Crippen LogP contribution in [0.5, 0.6) is 5.75 Å². The molecule has 3 rings (SSSR count). The van der Waals surface area contributed by atoms with Crippen molar-refractivity contribution in [2.24, 2.45) is 0 Å². The minimum absolute atomic E-state index is 0.314. The molecule has 0 saturated carbocycles. The van der Waals surface area contributed by atoms with Gasteiger partial charge >= 0.3 is 0 Å². The Hall–Kier alpha value is -0.850. The summed E-state index contributed by atoms with van der Waals surface area (Å²) >= 11 is 6.19. The van der Waals surface area contributed by atoms with Crippen molar-refractivity contribution in [3.63, 3.8) is 0 Å². The van der Waals surface area contributed by atoms with Gasteiger partial charge in [-0.15, -0.1) is 0 Å². The smallest absolute Gasteiger partial charge is 0.124 e. The number of hydrogen-bond donors (Lipinski definition) is 1. The van der Waals surface area contributed by atoms with Crippen molar-refractivity contribution in [1.29, 1.82) is 0 Å². The molecule has 2 aliphatic rings. The molecule has 26 heavy (non-hydrogen) atoms. The lowest BCUT2D eigenvalue weighted by atomic mass is 10.1. The van der Waals surface area contributed by atoms with Crippen molar-refractivity contribution in [3.8, 4) is 5.75 Å². The van der Waals surface area contributed by atoms with E-state index >= 15 is 0 Å². The maximum absolute atomic E-state index is 10.4. The van der Waals surface area contributed by atoms with Crippen molar-refractivity contribution < 1.29 is 14.6 Å². The van der Waals surface area contributed by atoms with Crippen LogP contribution in [-0.4, -0.2) is 73.6 Å². The number of likely N-dealkylation sites (tertiary alicyclic amines) is 1. The largest absolute Gasteiger partial charge is 0.491 e. The van der Waals surface area contributed by atoms with Crippen LogP contribution in [0.2, 0.25) is 5.02 Å². The van der Waals surface area contributed by atoms with E-state index in [4.69, 9.17) is 21.1 Å². The molecular weight excluding hydrogens is 352 g/mol. The van der Waals surface area contributed by atoms with Gasteiger partial charge in [-0.3, -0.25) is 4.90 Å². The highest BCUT2D eigenvalue weighted by molar-refractivity contribution is 6.30. The van der Waals surface area contributed by atoms with Gasteiger partial charge in [0.2, 0.25) is 0 Å². The van der Waals surface area contributed by atoms with E-state index in [9.17, 15) is 5.11 Å². The fourth-order valence-corrected chi connectivity index (χ4v) is 3.86. The number of morpholine rings is 1. The lowest BCUT2D eigenvalue weighted by Crippen LogP contribution is -2.37. The summed E-state index contributed by atoms with van der Waals surface area (Å²) in [4.78, 5) is 4.70. The molecule has 1 N–H and O–H groups in total. The maximum atomic E-state index is 10.4. The number of β-amino-alcohol motifs (C(OH)–C–C–N with tert-alkyl or cyclic N) is 1. The lowest BCUT2D eigenvalue weighted by Gasteiger charge is -2.27. The Labute approximate surface area is 161 Å². The number of halogens is 1. The number of aliphatic hydroxyl groups excluding tert-OH is 1. The molecule has 0 spiro atoms. The summed E-state index contributed by atoms with van der Waals surface area (Å²) in [6.07, 6.45) is 4.60. The number of ether oxygens (including phenoxy) is 2. The Morgan fingerprint density at radius 1 is 1.04 bits per heavy atom. The third kappa shape index (κ3) is 6.39. The zero-order valence-electron chi connectivity index (χ0n) is 15.5. The number of hydrogen-bond acceptors (Lipinski definition) is 5. The Morgan fingerprint density at radius 3 is 2.50 bits per heavy atom. The van der Waals surface area contributed by atoms with Crippen LogP contribution in [0.3, 0.4) is 0 Å². The molecule has 5 nitrogen and oxygen atoms in total. The van der Waals surface area contributed by atoms with Crippen LogP contribution in [0, 0.1) is 0 Å². The summed E-state index contributed by atoms with van der Waals surface area (Å²) in [5, 5.41) is 11.1. The average Bonchev–Trinajstić information content (AvgIpc) is 2.90. The maximum Gasteiger partial charge on any atom is 0.124 e. The van der Waals surface area contributed by atoms with Crippen molar-refractivity contribution in [1.82, 2.24) is 9.80 Å². The average molecular weight is 383 g/mol. The third-order valence-electron chi connectivity index (χ3n) is 5.12. The van der Waals surface area contributed by atoms with Crippen LogP contribution < -0.4 is 4.74 Å². The normalized spacial score (nSPS) is 21.3. The van der Waals surface area contributed by atoms with E-state index < -0.39 is 6.10 Å². The zero-order chi connectivity index (χ0) is 18.2. The highest BCUT2D eigenvalue weighted by Gasteiger charge is 2.17. The van der Waals surface area contributed by atoms with E-state index in [1.54, 1.807) is 0 Å². The van der Waals surface area contributed by atoms with Crippen LogP contribution in [0.1, 0.15) is 31.2 Å². The Morgan fingerprint density at radius 2 is 1.77 bits per heavy atom. The molecular formula is C20H31ClN2O3. The summed E-state index contributed by atoms with van der Waals surface area (Å²) in [7, 11) is 0. The summed E-state index contributed by atoms with van der Waals surface area (Å²) in [6.45, 7) is 7.34. The van der Waals surface area contributed by atoms with Crippen molar-refractivity contribution >= 4 is 11.6 Å². The monoisotopic (exact) mass is 382 g/mol. The first kappa shape index (κ1) is 19.9. The van der Waals surface area contributed by atoms with Crippen LogP contribution in [0.4, 0.5) is 0 Å². The molecule has 1 aromatic rings. The molecule has 2 aliphatic heterocycles. The van der Waals surface area contributed by atoms with Crippen LogP contribution >= 0.6 is 11.6 Å². The quantitative estimate of drug-likeness (QED) is 0.785. The second-order valence-corrected chi connectivity index (χ2v) is 7.76. The molecule has 1 aromatic carbocycles. The predicted octanol–water partition coefficient (Wildman–Crippen LogP) is 2.79. The summed E-state index contributed by atoms with van der Waals surface area (Å²) in [5.41, 5.74) is 1.07. The van der Waals surface area contributed by atoms with Gasteiger partial charge in [-0.1, -0.05) is 24.4 Å². The summed E-state index contributed by atoms with van der Waals surface area (Å²) in [6, 6.07) is 5.73. The minimum atomic E-state index is -0.472. The molecule has 2 fully saturated rings. The van der Waals surface area contributed by atoms with Crippen molar-refractivity contribution in [2.45, 2.75) is 38.3 Å². The second-order valence-electron chi connectivity index (χ2n) is 7.32. The van der Waals surface area contributed by atoms with Crippen LogP contribution in [0.15, 0.2) is 18.2 Å². The molecule has 2 heterocycles. The van der Waals surface area contributed by atoms with E-state index in [0.29, 0.717) is 18.2 Å². The first-order chi connectivity index (χ1) is 12.7. The Kier molecular flexibility index (Phi) is 8.02. The first-order valence-electron chi connectivity index (χ1n) is 9.82. The molecule has 1 unspecified atom stereocenters. The van der Waals surface area contributed by atoms with Gasteiger partial charge < -0.3 is 19.5 Å². The van der Waals surface area contributed by atoms with Gasteiger partial charge in [-0.25, -0.2) is 0 Å². The van der Waals surface area contributed by atoms with E-state index in [1.807, 2.05) is 18.2 Å². The molecule has 2 saturated heterocycles.